The van der Waals surface area contributed by atoms with Crippen LogP contribution in [0, 0.1) is 5.41 Å². The van der Waals surface area contributed by atoms with Crippen LogP contribution in [0.5, 0.6) is 0 Å². The predicted octanol–water partition coefficient (Wildman–Crippen LogP) is 2.04. The SMILES string of the molecule is C=C1CC(C)(C)C=C(NCC)C1=O. The molecule has 0 aliphatic heterocycles. The quantitative estimate of drug-likeness (QED) is 0.657. The number of likely N-dealkylation sites (N-methyl/N-ethyl adjacent to an activating group) is 1. The van der Waals surface area contributed by atoms with Gasteiger partial charge in [0, 0.05) is 6.54 Å². The Morgan fingerprint density at radius 1 is 1.62 bits per heavy atom. The van der Waals surface area contributed by atoms with Crippen molar-refractivity contribution in [3.05, 3.63) is 23.9 Å². The lowest BCUT2D eigenvalue weighted by molar-refractivity contribution is -0.113. The van der Waals surface area contributed by atoms with Crippen LogP contribution in [0.25, 0.3) is 0 Å². The predicted molar refractivity (Wildman–Crippen MR) is 54.3 cm³/mol. The summed E-state index contributed by atoms with van der Waals surface area (Å²) in [5, 5.41) is 3.07. The normalized spacial score (nSPS) is 21.3. The van der Waals surface area contributed by atoms with E-state index in [0.717, 1.165) is 13.0 Å². The Kier molecular flexibility index (Phi) is 2.60. The van der Waals surface area contributed by atoms with Gasteiger partial charge in [-0.25, -0.2) is 0 Å². The minimum absolute atomic E-state index is 0.0580. The molecule has 1 aliphatic carbocycles. The zero-order valence-electron chi connectivity index (χ0n) is 8.61. The topological polar surface area (TPSA) is 29.1 Å². The molecule has 0 aromatic carbocycles. The highest BCUT2D eigenvalue weighted by Crippen LogP contribution is 2.32. The molecular weight excluding hydrogens is 162 g/mol. The summed E-state index contributed by atoms with van der Waals surface area (Å²) in [6, 6.07) is 0. The third kappa shape index (κ3) is 2.20. The maximum atomic E-state index is 11.6. The number of carbonyl (C=O) groups is 1. The molecule has 0 amide bonds. The molecule has 2 heteroatoms. The first-order chi connectivity index (χ1) is 5.96. The van der Waals surface area contributed by atoms with E-state index in [9.17, 15) is 4.79 Å². The van der Waals surface area contributed by atoms with Crippen LogP contribution in [-0.2, 0) is 4.79 Å². The summed E-state index contributed by atoms with van der Waals surface area (Å²) in [6.07, 6.45) is 2.77. The lowest BCUT2D eigenvalue weighted by atomic mass is 9.79. The number of hydrogen-bond donors (Lipinski definition) is 1. The van der Waals surface area contributed by atoms with Crippen LogP contribution < -0.4 is 5.32 Å². The molecule has 0 unspecified atom stereocenters. The van der Waals surface area contributed by atoms with E-state index in [2.05, 4.69) is 25.7 Å². The average molecular weight is 179 g/mol. The Morgan fingerprint density at radius 3 is 2.77 bits per heavy atom. The van der Waals surface area contributed by atoms with Crippen LogP contribution in [0.15, 0.2) is 23.9 Å². The van der Waals surface area contributed by atoms with Crippen LogP contribution in [0.2, 0.25) is 0 Å². The highest BCUT2D eigenvalue weighted by atomic mass is 16.1. The summed E-state index contributed by atoms with van der Waals surface area (Å²) in [7, 11) is 0. The second kappa shape index (κ2) is 3.36. The second-order valence-electron chi connectivity index (χ2n) is 4.19. The van der Waals surface area contributed by atoms with Gasteiger partial charge in [0.2, 0.25) is 5.78 Å². The van der Waals surface area contributed by atoms with Crippen LogP contribution in [0.3, 0.4) is 0 Å². The van der Waals surface area contributed by atoms with E-state index < -0.39 is 0 Å². The molecule has 0 atom stereocenters. The van der Waals surface area contributed by atoms with Gasteiger partial charge in [-0.1, -0.05) is 26.5 Å². The maximum Gasteiger partial charge on any atom is 0.203 e. The summed E-state index contributed by atoms with van der Waals surface area (Å²) in [4.78, 5) is 11.6. The van der Waals surface area contributed by atoms with Gasteiger partial charge in [-0.15, -0.1) is 0 Å². The van der Waals surface area contributed by atoms with Crippen molar-refractivity contribution >= 4 is 5.78 Å². The third-order valence-electron chi connectivity index (χ3n) is 2.14. The summed E-state index contributed by atoms with van der Waals surface area (Å²) >= 11 is 0. The molecule has 1 N–H and O–H groups in total. The molecule has 72 valence electrons. The summed E-state index contributed by atoms with van der Waals surface area (Å²) in [5.74, 6) is 0.0705. The first-order valence-electron chi connectivity index (χ1n) is 4.65. The molecule has 0 saturated heterocycles. The standard InChI is InChI=1S/C11H17NO/c1-5-12-9-7-11(3,4)6-8(2)10(9)13/h7,12H,2,5-6H2,1,3-4H3. The summed E-state index contributed by atoms with van der Waals surface area (Å²) in [6.45, 7) is 10.8. The van der Waals surface area contributed by atoms with Gasteiger partial charge in [-0.05, 0) is 24.3 Å². The Morgan fingerprint density at radius 2 is 2.23 bits per heavy atom. The van der Waals surface area contributed by atoms with E-state index in [-0.39, 0.29) is 11.2 Å². The fourth-order valence-electron chi connectivity index (χ4n) is 1.65. The zero-order chi connectivity index (χ0) is 10.1. The Balaban J connectivity index is 2.95. The van der Waals surface area contributed by atoms with Gasteiger partial charge < -0.3 is 5.32 Å². The molecular formula is C11H17NO. The van der Waals surface area contributed by atoms with Gasteiger partial charge in [-0.2, -0.15) is 0 Å². The van der Waals surface area contributed by atoms with Crippen molar-refractivity contribution in [1.82, 2.24) is 5.32 Å². The number of hydrogen-bond acceptors (Lipinski definition) is 2. The molecule has 0 radical (unpaired) electrons. The van der Waals surface area contributed by atoms with E-state index in [1.807, 2.05) is 13.0 Å². The Hall–Kier alpha value is -1.05. The minimum atomic E-state index is 0.0580. The van der Waals surface area contributed by atoms with Crippen molar-refractivity contribution < 1.29 is 4.79 Å². The van der Waals surface area contributed by atoms with Crippen LogP contribution >= 0.6 is 0 Å². The van der Waals surface area contributed by atoms with E-state index in [1.165, 1.54) is 0 Å². The molecule has 0 aromatic heterocycles. The van der Waals surface area contributed by atoms with E-state index in [1.54, 1.807) is 0 Å². The largest absolute Gasteiger partial charge is 0.382 e. The van der Waals surface area contributed by atoms with Gasteiger partial charge in [0.15, 0.2) is 0 Å². The molecule has 13 heavy (non-hydrogen) atoms. The molecule has 0 heterocycles. The maximum absolute atomic E-state index is 11.6. The van der Waals surface area contributed by atoms with Gasteiger partial charge >= 0.3 is 0 Å². The molecule has 0 bridgehead atoms. The van der Waals surface area contributed by atoms with E-state index in [4.69, 9.17) is 0 Å². The Bertz CT molecular complexity index is 274. The smallest absolute Gasteiger partial charge is 0.203 e. The fraction of sp³-hybridized carbons (Fsp3) is 0.545. The Labute approximate surface area is 79.7 Å². The van der Waals surface area contributed by atoms with Crippen LogP contribution in [-0.4, -0.2) is 12.3 Å². The molecule has 1 aliphatic rings. The van der Waals surface area contributed by atoms with Crippen molar-refractivity contribution in [2.75, 3.05) is 6.54 Å². The number of nitrogens with one attached hydrogen (secondary N) is 1. The third-order valence-corrected chi connectivity index (χ3v) is 2.14. The van der Waals surface area contributed by atoms with Gasteiger partial charge in [0.25, 0.3) is 0 Å². The van der Waals surface area contributed by atoms with Crippen molar-refractivity contribution in [3.63, 3.8) is 0 Å². The van der Waals surface area contributed by atoms with Gasteiger partial charge in [0.05, 0.1) is 5.70 Å². The lowest BCUT2D eigenvalue weighted by Gasteiger charge is -2.28. The average Bonchev–Trinajstić information content (AvgIpc) is 1.99. The lowest BCUT2D eigenvalue weighted by Crippen LogP contribution is -2.29. The first-order valence-corrected chi connectivity index (χ1v) is 4.65. The summed E-state index contributed by atoms with van der Waals surface area (Å²) in [5.41, 5.74) is 1.48. The minimum Gasteiger partial charge on any atom is -0.382 e. The molecule has 0 saturated carbocycles. The molecule has 0 aromatic rings. The van der Waals surface area contributed by atoms with Gasteiger partial charge in [0.1, 0.15) is 0 Å². The molecule has 0 spiro atoms. The van der Waals surface area contributed by atoms with Crippen molar-refractivity contribution in [2.45, 2.75) is 27.2 Å². The molecule has 2 nitrogen and oxygen atoms in total. The monoisotopic (exact) mass is 179 g/mol. The number of ketones is 1. The van der Waals surface area contributed by atoms with E-state index >= 15 is 0 Å². The molecule has 1 rings (SSSR count). The van der Waals surface area contributed by atoms with E-state index in [0.29, 0.717) is 11.3 Å². The number of rotatable bonds is 2. The van der Waals surface area contributed by atoms with Gasteiger partial charge in [-0.3, -0.25) is 4.79 Å². The molecule has 0 fully saturated rings. The highest BCUT2D eigenvalue weighted by molar-refractivity contribution is 6.08. The van der Waals surface area contributed by atoms with Crippen LogP contribution in [0.1, 0.15) is 27.2 Å². The van der Waals surface area contributed by atoms with Crippen molar-refractivity contribution in [1.29, 1.82) is 0 Å². The number of Topliss-reactive ketones (excluding diaryl/α,β-unsaturated/α-hetero) is 1. The fourth-order valence-corrected chi connectivity index (χ4v) is 1.65. The van der Waals surface area contributed by atoms with Crippen LogP contribution in [0.4, 0.5) is 0 Å². The number of carbonyl (C=O) groups excluding carboxylic acids is 1. The van der Waals surface area contributed by atoms with Crippen molar-refractivity contribution in [2.24, 2.45) is 5.41 Å². The second-order valence-corrected chi connectivity index (χ2v) is 4.19. The summed E-state index contributed by atoms with van der Waals surface area (Å²) < 4.78 is 0. The zero-order valence-corrected chi connectivity index (χ0v) is 8.61. The van der Waals surface area contributed by atoms with Crippen molar-refractivity contribution in [3.8, 4) is 0 Å². The number of allylic oxidation sites excluding steroid dienone is 2. The first kappa shape index (κ1) is 10.0. The highest BCUT2D eigenvalue weighted by Gasteiger charge is 2.28.